The van der Waals surface area contributed by atoms with Gasteiger partial charge in [0.25, 0.3) is 0 Å². The molecule has 0 saturated heterocycles. The number of methoxy groups -OCH3 is 1. The highest BCUT2D eigenvalue weighted by molar-refractivity contribution is 7.89. The number of rotatable bonds is 8. The molecule has 1 aliphatic heterocycles. The van der Waals surface area contributed by atoms with Crippen LogP contribution in [0.15, 0.2) is 58.3 Å². The second-order valence-electron chi connectivity index (χ2n) is 8.88. The van der Waals surface area contributed by atoms with Gasteiger partial charge >= 0.3 is 0 Å². The van der Waals surface area contributed by atoms with Crippen molar-refractivity contribution in [2.45, 2.75) is 42.7 Å². The van der Waals surface area contributed by atoms with E-state index >= 15 is 0 Å². The highest BCUT2D eigenvalue weighted by Gasteiger charge is 2.39. The third-order valence-corrected chi connectivity index (χ3v) is 10.1. The Balaban J connectivity index is 2.06. The molecule has 0 fully saturated rings. The largest absolute Gasteiger partial charge is 0.495 e. The first-order chi connectivity index (χ1) is 17.0. The number of aliphatic hydroxyl groups excluding tert-OH is 1. The van der Waals surface area contributed by atoms with Crippen LogP contribution in [-0.2, 0) is 20.0 Å². The first-order valence-electron chi connectivity index (χ1n) is 11.6. The molecule has 36 heavy (non-hydrogen) atoms. The van der Waals surface area contributed by atoms with Crippen molar-refractivity contribution < 1.29 is 31.4 Å². The number of hydrogen-bond donors (Lipinski definition) is 1. The van der Waals surface area contributed by atoms with Gasteiger partial charge in [0.15, 0.2) is 0 Å². The number of hydrogen-bond acceptors (Lipinski definition) is 7. The molecule has 0 aliphatic carbocycles. The highest BCUT2D eigenvalue weighted by atomic mass is 32.2. The van der Waals surface area contributed by atoms with Crippen molar-refractivity contribution in [2.24, 2.45) is 5.92 Å². The van der Waals surface area contributed by atoms with Gasteiger partial charge in [0, 0.05) is 25.6 Å². The van der Waals surface area contributed by atoms with Gasteiger partial charge in [-0.1, -0.05) is 37.3 Å². The zero-order valence-corrected chi connectivity index (χ0v) is 22.8. The average Bonchev–Trinajstić information content (AvgIpc) is 2.85. The summed E-state index contributed by atoms with van der Waals surface area (Å²) in [5.41, 5.74) is 0.746. The van der Waals surface area contributed by atoms with E-state index in [4.69, 9.17) is 9.47 Å². The number of fused-ring (bicyclic) bond motifs is 1. The van der Waals surface area contributed by atoms with Crippen LogP contribution in [0, 0.1) is 5.92 Å². The summed E-state index contributed by atoms with van der Waals surface area (Å²) in [5, 5.41) is 9.78. The number of sulfonamides is 2. The maximum atomic E-state index is 13.5. The molecule has 0 saturated carbocycles. The molecule has 11 heteroatoms. The summed E-state index contributed by atoms with van der Waals surface area (Å²) in [5.74, 6) is -0.0330. The average molecular weight is 539 g/mol. The van der Waals surface area contributed by atoms with Crippen LogP contribution in [0.4, 0.5) is 0 Å². The number of likely N-dealkylation sites (N-methyl/N-ethyl adjacent to an activating group) is 1. The minimum Gasteiger partial charge on any atom is -0.495 e. The van der Waals surface area contributed by atoms with Crippen molar-refractivity contribution in [1.29, 1.82) is 0 Å². The topological polar surface area (TPSA) is 113 Å². The summed E-state index contributed by atoms with van der Waals surface area (Å²) >= 11 is 0. The number of benzene rings is 2. The van der Waals surface area contributed by atoms with Gasteiger partial charge in [-0.3, -0.25) is 0 Å². The Morgan fingerprint density at radius 1 is 1.28 bits per heavy atom. The van der Waals surface area contributed by atoms with E-state index in [2.05, 4.69) is 0 Å². The lowest BCUT2D eigenvalue weighted by molar-refractivity contribution is 0.0904. The molecular formula is C25H34N2O7S2. The molecule has 0 radical (unpaired) electrons. The number of allylic oxidation sites excluding steroid dienone is 1. The molecule has 1 aliphatic rings. The molecule has 2 aromatic carbocycles. The second kappa shape index (κ2) is 11.3. The van der Waals surface area contributed by atoms with Gasteiger partial charge in [0.2, 0.25) is 20.0 Å². The fraction of sp³-hybridized carbons (Fsp3) is 0.440. The van der Waals surface area contributed by atoms with E-state index in [9.17, 15) is 21.9 Å². The van der Waals surface area contributed by atoms with Gasteiger partial charge in [0.05, 0.1) is 20.3 Å². The summed E-state index contributed by atoms with van der Waals surface area (Å²) in [7, 11) is -5.04. The van der Waals surface area contributed by atoms with Crippen LogP contribution >= 0.6 is 0 Å². The third-order valence-electron chi connectivity index (χ3n) is 6.24. The Hall–Kier alpha value is -2.44. The minimum absolute atomic E-state index is 0.0248. The molecule has 0 spiro atoms. The highest BCUT2D eigenvalue weighted by Crippen LogP contribution is 2.35. The Kier molecular flexibility index (Phi) is 8.84. The molecular weight excluding hydrogens is 504 g/mol. The van der Waals surface area contributed by atoms with Crippen molar-refractivity contribution in [2.75, 3.05) is 33.9 Å². The quantitative estimate of drug-likeness (QED) is 0.550. The van der Waals surface area contributed by atoms with E-state index in [1.54, 1.807) is 37.3 Å². The summed E-state index contributed by atoms with van der Waals surface area (Å²) in [6.45, 7) is 4.95. The van der Waals surface area contributed by atoms with Gasteiger partial charge in [-0.2, -0.15) is 8.61 Å². The predicted octanol–water partition coefficient (Wildman–Crippen LogP) is 2.82. The van der Waals surface area contributed by atoms with Crippen molar-refractivity contribution in [3.05, 3.63) is 54.1 Å². The molecule has 0 aromatic heterocycles. The van der Waals surface area contributed by atoms with E-state index in [1.807, 2.05) is 26.0 Å². The first-order valence-corrected chi connectivity index (χ1v) is 14.5. The van der Waals surface area contributed by atoms with E-state index in [0.29, 0.717) is 0 Å². The van der Waals surface area contributed by atoms with Gasteiger partial charge in [-0.15, -0.1) is 0 Å². The Morgan fingerprint density at radius 2 is 1.97 bits per heavy atom. The van der Waals surface area contributed by atoms with Crippen LogP contribution in [0.2, 0.25) is 0 Å². The Morgan fingerprint density at radius 3 is 2.61 bits per heavy atom. The minimum atomic E-state index is -3.98. The summed E-state index contributed by atoms with van der Waals surface area (Å²) < 4.78 is 67.8. The number of aliphatic hydroxyl groups is 1. The molecule has 0 amide bonds. The Bertz CT molecular complexity index is 1310. The van der Waals surface area contributed by atoms with Crippen molar-refractivity contribution in [3.63, 3.8) is 0 Å². The fourth-order valence-electron chi connectivity index (χ4n) is 4.11. The van der Waals surface area contributed by atoms with Crippen LogP contribution < -0.4 is 9.47 Å². The molecule has 3 rings (SSSR count). The monoisotopic (exact) mass is 538 g/mol. The number of para-hydroxylation sites is 1. The Labute approximate surface area is 214 Å². The van der Waals surface area contributed by atoms with Crippen molar-refractivity contribution in [1.82, 2.24) is 8.61 Å². The molecule has 2 aromatic rings. The fourth-order valence-corrected chi connectivity index (χ4v) is 7.27. The summed E-state index contributed by atoms with van der Waals surface area (Å²) in [6.07, 6.45) is 2.97. The lowest BCUT2D eigenvalue weighted by atomic mass is 10.0. The normalized spacial score (nSPS) is 21.4. The standard InChI is InChI=1S/C25H34N2O7S2/c1-6-9-20-12-13-25-22(14-20)34-23(18(2)15-27(19(3)17-28)36(25,31)32)16-26(4)35(29,30)24-11-8-7-10-21(24)33-5/h6-14,18-19,23,28H,15-17H2,1-5H3/b9-6+/t18-,19-,23-/m0/s1. The van der Waals surface area contributed by atoms with Crippen LogP contribution in [0.1, 0.15) is 26.3 Å². The third kappa shape index (κ3) is 5.60. The van der Waals surface area contributed by atoms with E-state index in [0.717, 1.165) is 5.56 Å². The lowest BCUT2D eigenvalue weighted by Crippen LogP contribution is -2.50. The number of nitrogens with zero attached hydrogens (tertiary/aromatic N) is 2. The summed E-state index contributed by atoms with van der Waals surface area (Å²) in [6, 6.07) is 10.5. The van der Waals surface area contributed by atoms with Crippen LogP contribution in [0.5, 0.6) is 11.5 Å². The van der Waals surface area contributed by atoms with Crippen molar-refractivity contribution >= 4 is 26.1 Å². The van der Waals surface area contributed by atoms with Gasteiger partial charge in [-0.05, 0) is 43.7 Å². The van der Waals surface area contributed by atoms with E-state index < -0.39 is 38.1 Å². The van der Waals surface area contributed by atoms with Crippen LogP contribution in [0.3, 0.4) is 0 Å². The molecule has 0 unspecified atom stereocenters. The zero-order valence-electron chi connectivity index (χ0n) is 21.2. The van der Waals surface area contributed by atoms with Gasteiger partial charge in [-0.25, -0.2) is 16.8 Å². The smallest absolute Gasteiger partial charge is 0.247 e. The molecule has 1 heterocycles. The maximum absolute atomic E-state index is 13.5. The zero-order chi connectivity index (χ0) is 26.7. The number of ether oxygens (including phenoxy) is 2. The lowest BCUT2D eigenvalue weighted by Gasteiger charge is -2.37. The van der Waals surface area contributed by atoms with E-state index in [-0.39, 0.29) is 41.0 Å². The van der Waals surface area contributed by atoms with Crippen LogP contribution in [-0.4, -0.2) is 76.6 Å². The SMILES string of the molecule is C/C=C/c1ccc2c(c1)O[C@@H](CN(C)S(=O)(=O)c1ccccc1OC)[C@@H](C)CN([C@@H](C)CO)S2(=O)=O. The first kappa shape index (κ1) is 28.1. The molecule has 9 nitrogen and oxygen atoms in total. The molecule has 0 bridgehead atoms. The van der Waals surface area contributed by atoms with Crippen LogP contribution in [0.25, 0.3) is 6.08 Å². The van der Waals surface area contributed by atoms with Gasteiger partial charge in [0.1, 0.15) is 27.4 Å². The molecule has 3 atom stereocenters. The van der Waals surface area contributed by atoms with E-state index in [1.165, 1.54) is 34.9 Å². The summed E-state index contributed by atoms with van der Waals surface area (Å²) in [4.78, 5) is 0.00515. The second-order valence-corrected chi connectivity index (χ2v) is 12.8. The molecule has 1 N–H and O–H groups in total. The van der Waals surface area contributed by atoms with Crippen molar-refractivity contribution in [3.8, 4) is 11.5 Å². The van der Waals surface area contributed by atoms with Gasteiger partial charge < -0.3 is 14.6 Å². The predicted molar refractivity (Wildman–Crippen MR) is 138 cm³/mol. The molecule has 198 valence electrons. The maximum Gasteiger partial charge on any atom is 0.247 e.